The van der Waals surface area contributed by atoms with Gasteiger partial charge in [-0.2, -0.15) is 5.26 Å². The van der Waals surface area contributed by atoms with E-state index in [1.807, 2.05) is 18.2 Å². The number of carbonyl (C=O) groups excluding carboxylic acids is 3. The highest BCUT2D eigenvalue weighted by Crippen LogP contribution is 2.34. The number of piperazine rings is 1. The van der Waals surface area contributed by atoms with E-state index in [0.29, 0.717) is 34.7 Å². The molecule has 1 aromatic heterocycles. The minimum absolute atomic E-state index is 0.0419. The molecule has 0 bridgehead atoms. The number of benzene rings is 2. The van der Waals surface area contributed by atoms with E-state index in [-0.39, 0.29) is 43.8 Å². The zero-order valence-electron chi connectivity index (χ0n) is 24.0. The highest BCUT2D eigenvalue weighted by atomic mass is 19.1. The summed E-state index contributed by atoms with van der Waals surface area (Å²) in [7, 11) is 0. The maximum atomic E-state index is 15.4. The van der Waals surface area contributed by atoms with E-state index in [4.69, 9.17) is 15.7 Å². The highest BCUT2D eigenvalue weighted by Gasteiger charge is 2.40. The molecule has 12 heteroatoms. The number of hydrogen-bond acceptors (Lipinski definition) is 9. The number of nitriles is 1. The lowest BCUT2D eigenvalue weighted by Crippen LogP contribution is -2.52. The van der Waals surface area contributed by atoms with Crippen molar-refractivity contribution in [2.24, 2.45) is 5.73 Å². The number of aromatic nitrogens is 1. The third-order valence-electron chi connectivity index (χ3n) is 8.59. The van der Waals surface area contributed by atoms with Gasteiger partial charge in [-0.25, -0.2) is 9.37 Å². The number of hydrogen-bond donors (Lipinski definition) is 2. The first kappa shape index (κ1) is 29.2. The molecule has 2 unspecified atom stereocenters. The van der Waals surface area contributed by atoms with E-state index < -0.39 is 17.8 Å². The molecular formula is C32H32FN7O4. The number of fused-ring (bicyclic) bond motifs is 1. The van der Waals surface area contributed by atoms with Crippen molar-refractivity contribution in [2.75, 3.05) is 37.6 Å². The first-order chi connectivity index (χ1) is 21.4. The first-order valence-electron chi connectivity index (χ1n) is 14.6. The van der Waals surface area contributed by atoms with Crippen molar-refractivity contribution in [1.29, 1.82) is 5.26 Å². The van der Waals surface area contributed by atoms with E-state index in [1.54, 1.807) is 36.5 Å². The number of halogens is 1. The molecule has 2 fully saturated rings. The van der Waals surface area contributed by atoms with Gasteiger partial charge in [0, 0.05) is 61.9 Å². The predicted octanol–water partition coefficient (Wildman–Crippen LogP) is 2.25. The molecule has 2 saturated heterocycles. The molecule has 0 aliphatic carbocycles. The van der Waals surface area contributed by atoms with Crippen molar-refractivity contribution in [3.63, 3.8) is 0 Å². The van der Waals surface area contributed by atoms with E-state index in [2.05, 4.69) is 20.1 Å². The lowest BCUT2D eigenvalue weighted by Gasteiger charge is -2.40. The van der Waals surface area contributed by atoms with Crippen LogP contribution >= 0.6 is 0 Å². The number of imide groups is 1. The van der Waals surface area contributed by atoms with Crippen molar-refractivity contribution in [1.82, 2.24) is 20.1 Å². The molecule has 11 nitrogen and oxygen atoms in total. The van der Waals surface area contributed by atoms with E-state index in [9.17, 15) is 14.4 Å². The molecule has 3 aromatic rings. The van der Waals surface area contributed by atoms with Crippen LogP contribution in [0.3, 0.4) is 0 Å². The SMILES string of the molecule is N#Cc1ccc(N2CCN(C(CN)c3ccc(COc4cccc5c4CN(C4CCC(=O)NC4=O)C5=O)c(F)c3)CC2)cn1. The Morgan fingerprint density at radius 2 is 1.93 bits per heavy atom. The molecule has 3 amide bonds. The van der Waals surface area contributed by atoms with Crippen molar-refractivity contribution in [2.45, 2.75) is 38.1 Å². The Kier molecular flexibility index (Phi) is 8.23. The highest BCUT2D eigenvalue weighted by molar-refractivity contribution is 6.05. The second-order valence-electron chi connectivity index (χ2n) is 11.1. The van der Waals surface area contributed by atoms with Gasteiger partial charge in [-0.15, -0.1) is 0 Å². The van der Waals surface area contributed by atoms with Gasteiger partial charge < -0.3 is 20.3 Å². The number of carbonyl (C=O) groups is 3. The van der Waals surface area contributed by atoms with Gasteiger partial charge in [0.1, 0.15) is 36.0 Å². The van der Waals surface area contributed by atoms with Crippen LogP contribution in [0, 0.1) is 17.1 Å². The van der Waals surface area contributed by atoms with Gasteiger partial charge in [-0.3, -0.25) is 24.6 Å². The van der Waals surface area contributed by atoms with E-state index in [0.717, 1.165) is 37.4 Å². The fourth-order valence-electron chi connectivity index (χ4n) is 6.16. The molecule has 2 aromatic carbocycles. The summed E-state index contributed by atoms with van der Waals surface area (Å²) in [6.07, 6.45) is 2.15. The van der Waals surface area contributed by atoms with Crippen LogP contribution in [-0.4, -0.2) is 71.3 Å². The van der Waals surface area contributed by atoms with Crippen LogP contribution in [0.15, 0.2) is 54.7 Å². The molecular weight excluding hydrogens is 565 g/mol. The zero-order chi connectivity index (χ0) is 30.8. The number of nitrogens with two attached hydrogens (primary N) is 1. The molecule has 0 radical (unpaired) electrons. The minimum atomic E-state index is -0.725. The molecule has 3 aliphatic rings. The van der Waals surface area contributed by atoms with E-state index >= 15 is 4.39 Å². The van der Waals surface area contributed by atoms with Gasteiger partial charge in [0.05, 0.1) is 18.4 Å². The van der Waals surface area contributed by atoms with Crippen LogP contribution in [0.25, 0.3) is 0 Å². The van der Waals surface area contributed by atoms with Gasteiger partial charge in [0.2, 0.25) is 11.8 Å². The molecule has 226 valence electrons. The second-order valence-corrected chi connectivity index (χ2v) is 11.1. The smallest absolute Gasteiger partial charge is 0.255 e. The van der Waals surface area contributed by atoms with Gasteiger partial charge in [-0.1, -0.05) is 18.2 Å². The fourth-order valence-corrected chi connectivity index (χ4v) is 6.16. The predicted molar refractivity (Wildman–Crippen MR) is 158 cm³/mol. The Morgan fingerprint density at radius 1 is 1.11 bits per heavy atom. The van der Waals surface area contributed by atoms with Gasteiger partial charge in [0.25, 0.3) is 5.91 Å². The zero-order valence-corrected chi connectivity index (χ0v) is 24.0. The number of rotatable bonds is 8. The molecule has 4 heterocycles. The van der Waals surface area contributed by atoms with Crippen LogP contribution in [0.2, 0.25) is 0 Å². The molecule has 3 N–H and O–H groups in total. The third-order valence-corrected chi connectivity index (χ3v) is 8.59. The summed E-state index contributed by atoms with van der Waals surface area (Å²) in [5.74, 6) is -1.07. The van der Waals surface area contributed by atoms with Gasteiger partial charge in [0.15, 0.2) is 0 Å². The molecule has 6 rings (SSSR count). The normalized spacial score (nSPS) is 19.4. The summed E-state index contributed by atoms with van der Waals surface area (Å²) < 4.78 is 21.4. The average molecular weight is 598 g/mol. The van der Waals surface area contributed by atoms with E-state index in [1.165, 1.54) is 11.0 Å². The standard InChI is InChI=1S/C32H32FN7O4/c33-26-14-20(28(16-35)39-12-10-38(11-13-39)23-7-6-22(15-34)36-17-23)4-5-21(26)19-44-29-3-1-2-24-25(29)18-40(32(24)43)27-8-9-30(41)37-31(27)42/h1-7,14,17,27-28H,8-13,16,18-19,35H2,(H,37,41,42). The van der Waals surface area contributed by atoms with Crippen molar-refractivity contribution in [3.05, 3.63) is 88.5 Å². The molecule has 0 saturated carbocycles. The van der Waals surface area contributed by atoms with Gasteiger partial charge >= 0.3 is 0 Å². The topological polar surface area (TPSA) is 145 Å². The summed E-state index contributed by atoms with van der Waals surface area (Å²) in [6.45, 7) is 3.45. The van der Waals surface area contributed by atoms with Crippen LogP contribution in [-0.2, 0) is 22.7 Å². The number of piperidine rings is 1. The number of nitrogens with one attached hydrogen (secondary N) is 1. The van der Waals surface area contributed by atoms with Crippen LogP contribution in [0.5, 0.6) is 5.75 Å². The summed E-state index contributed by atoms with van der Waals surface area (Å²) in [4.78, 5) is 47.1. The van der Waals surface area contributed by atoms with Crippen molar-refractivity contribution < 1.29 is 23.5 Å². The quantitative estimate of drug-likeness (QED) is 0.374. The maximum Gasteiger partial charge on any atom is 0.255 e. The Balaban J connectivity index is 1.09. The van der Waals surface area contributed by atoms with Gasteiger partial charge in [-0.05, 0) is 42.3 Å². The van der Waals surface area contributed by atoms with Crippen molar-refractivity contribution >= 4 is 23.4 Å². The number of ether oxygens (including phenoxy) is 1. The number of pyridine rings is 1. The molecule has 44 heavy (non-hydrogen) atoms. The number of amides is 3. The number of anilines is 1. The molecule has 0 spiro atoms. The average Bonchev–Trinajstić information content (AvgIpc) is 3.38. The Bertz CT molecular complexity index is 1630. The van der Waals surface area contributed by atoms with Crippen LogP contribution in [0.1, 0.15) is 51.6 Å². The first-order valence-corrected chi connectivity index (χ1v) is 14.6. The Morgan fingerprint density at radius 3 is 2.61 bits per heavy atom. The Labute approximate surface area is 254 Å². The fraction of sp³-hybridized carbons (Fsp3) is 0.344. The summed E-state index contributed by atoms with van der Waals surface area (Å²) in [6, 6.07) is 15.0. The second kappa shape index (κ2) is 12.4. The Hall–Kier alpha value is -4.86. The molecule has 2 atom stereocenters. The maximum absolute atomic E-state index is 15.4. The molecule has 3 aliphatic heterocycles. The number of nitrogens with zero attached hydrogens (tertiary/aromatic N) is 5. The largest absolute Gasteiger partial charge is 0.488 e. The monoisotopic (exact) mass is 597 g/mol. The lowest BCUT2D eigenvalue weighted by molar-refractivity contribution is -0.136. The minimum Gasteiger partial charge on any atom is -0.488 e. The van der Waals surface area contributed by atoms with Crippen LogP contribution in [0.4, 0.5) is 10.1 Å². The summed E-state index contributed by atoms with van der Waals surface area (Å²) in [5.41, 5.74) is 9.73. The summed E-state index contributed by atoms with van der Waals surface area (Å²) >= 11 is 0. The van der Waals surface area contributed by atoms with Crippen LogP contribution < -0.4 is 20.7 Å². The summed E-state index contributed by atoms with van der Waals surface area (Å²) in [5, 5.41) is 11.3. The third kappa shape index (κ3) is 5.71. The van der Waals surface area contributed by atoms with Crippen molar-refractivity contribution in [3.8, 4) is 11.8 Å². The lowest BCUT2D eigenvalue weighted by atomic mass is 10.0.